The van der Waals surface area contributed by atoms with Gasteiger partial charge < -0.3 is 4.74 Å². The van der Waals surface area contributed by atoms with Crippen LogP contribution in [0.4, 0.5) is 10.5 Å². The number of amides is 1. The molecule has 0 N–H and O–H groups in total. The second-order valence-corrected chi connectivity index (χ2v) is 8.27. The Balaban J connectivity index is 2.05. The topological polar surface area (TPSA) is 63.7 Å². The highest BCUT2D eigenvalue weighted by Gasteiger charge is 2.47. The van der Waals surface area contributed by atoms with Crippen molar-refractivity contribution in [1.82, 2.24) is 0 Å². The van der Waals surface area contributed by atoms with Gasteiger partial charge in [0.2, 0.25) is 0 Å². The zero-order chi connectivity index (χ0) is 14.3. The van der Waals surface area contributed by atoms with Gasteiger partial charge >= 0.3 is 6.09 Å². The van der Waals surface area contributed by atoms with E-state index in [1.807, 2.05) is 24.3 Å². The second kappa shape index (κ2) is 4.96. The summed E-state index contributed by atoms with van der Waals surface area (Å²) in [5.74, 6) is 0.129. The monoisotopic (exact) mass is 313 g/mol. The lowest BCUT2D eigenvalue weighted by atomic mass is 10.2. The van der Waals surface area contributed by atoms with E-state index in [4.69, 9.17) is 4.74 Å². The molecule has 0 radical (unpaired) electrons. The Morgan fingerprint density at radius 2 is 2.15 bits per heavy atom. The van der Waals surface area contributed by atoms with Crippen molar-refractivity contribution in [2.45, 2.75) is 23.1 Å². The van der Waals surface area contributed by atoms with E-state index < -0.39 is 15.9 Å². The van der Waals surface area contributed by atoms with Crippen LogP contribution in [0.1, 0.15) is 6.92 Å². The minimum absolute atomic E-state index is 0.0117. The lowest BCUT2D eigenvalue weighted by molar-refractivity contribution is 0.157. The molecule has 3 rings (SSSR count). The zero-order valence-corrected chi connectivity index (χ0v) is 12.6. The number of fused-ring (bicyclic) bond motifs is 2. The number of rotatable bonds is 1. The molecule has 2 atom stereocenters. The number of hydrogen-bond acceptors (Lipinski definition) is 5. The minimum atomic E-state index is -3.10. The number of para-hydroxylation sites is 1. The number of thioether (sulfide) groups is 1. The molecule has 2 aliphatic rings. The predicted octanol–water partition coefficient (Wildman–Crippen LogP) is 1.92. The Hall–Kier alpha value is -1.21. The molecule has 2 heterocycles. The molecule has 108 valence electrons. The van der Waals surface area contributed by atoms with Gasteiger partial charge in [-0.1, -0.05) is 12.1 Å². The van der Waals surface area contributed by atoms with Crippen LogP contribution in [0.2, 0.25) is 0 Å². The van der Waals surface area contributed by atoms with Crippen molar-refractivity contribution >= 4 is 33.4 Å². The maximum atomic E-state index is 12.2. The van der Waals surface area contributed by atoms with Crippen molar-refractivity contribution in [3.05, 3.63) is 24.3 Å². The summed E-state index contributed by atoms with van der Waals surface area (Å²) in [7, 11) is -3.10. The van der Waals surface area contributed by atoms with Crippen molar-refractivity contribution in [2.75, 3.05) is 23.0 Å². The van der Waals surface area contributed by atoms with Crippen molar-refractivity contribution in [3.63, 3.8) is 0 Å². The zero-order valence-electron chi connectivity index (χ0n) is 11.0. The first-order valence-corrected chi connectivity index (χ1v) is 9.14. The number of benzene rings is 1. The Bertz CT molecular complexity index is 644. The maximum Gasteiger partial charge on any atom is 0.414 e. The standard InChI is InChI=1S/C13H15NO4S2/c1-2-18-13(15)14-9-5-3-4-6-11(9)19-12-8-20(16,17)7-10(12)14/h3-6,10,12H,2,7-8H2,1H3/t10-,12-/m0/s1. The molecular formula is C13H15NO4S2. The molecule has 0 saturated carbocycles. The molecule has 1 aromatic carbocycles. The molecule has 0 spiro atoms. The van der Waals surface area contributed by atoms with E-state index >= 15 is 0 Å². The van der Waals surface area contributed by atoms with Gasteiger partial charge in [0.05, 0.1) is 29.8 Å². The van der Waals surface area contributed by atoms with Crippen molar-refractivity contribution in [1.29, 1.82) is 0 Å². The van der Waals surface area contributed by atoms with Crippen LogP contribution in [-0.2, 0) is 14.6 Å². The van der Waals surface area contributed by atoms with Gasteiger partial charge in [-0.25, -0.2) is 13.2 Å². The van der Waals surface area contributed by atoms with E-state index in [1.54, 1.807) is 18.7 Å². The Kier molecular flexibility index (Phi) is 3.41. The number of nitrogens with zero attached hydrogens (tertiary/aromatic N) is 1. The van der Waals surface area contributed by atoms with E-state index in [0.717, 1.165) is 10.6 Å². The van der Waals surface area contributed by atoms with Crippen LogP contribution in [0.25, 0.3) is 0 Å². The summed E-state index contributed by atoms with van der Waals surface area (Å²) in [6.07, 6.45) is -0.465. The van der Waals surface area contributed by atoms with Crippen LogP contribution >= 0.6 is 11.8 Å². The molecule has 0 aromatic heterocycles. The fourth-order valence-electron chi connectivity index (χ4n) is 2.67. The van der Waals surface area contributed by atoms with Crippen LogP contribution < -0.4 is 4.90 Å². The van der Waals surface area contributed by atoms with Gasteiger partial charge in [-0.3, -0.25) is 4.90 Å². The summed E-state index contributed by atoms with van der Waals surface area (Å²) in [6.45, 7) is 2.01. The molecule has 0 aliphatic carbocycles. The SMILES string of the molecule is CCOC(=O)N1c2ccccc2S[C@H]2CS(=O)(=O)C[C@@H]21. The van der Waals surface area contributed by atoms with Crippen LogP contribution in [0.3, 0.4) is 0 Å². The lowest BCUT2D eigenvalue weighted by Crippen LogP contribution is -2.48. The molecule has 7 heteroatoms. The molecule has 0 bridgehead atoms. The van der Waals surface area contributed by atoms with Crippen LogP contribution in [0.15, 0.2) is 29.2 Å². The first-order chi connectivity index (χ1) is 9.52. The average Bonchev–Trinajstić information content (AvgIpc) is 2.69. The van der Waals surface area contributed by atoms with Gasteiger partial charge in [0.15, 0.2) is 9.84 Å². The smallest absolute Gasteiger partial charge is 0.414 e. The van der Waals surface area contributed by atoms with E-state index in [0.29, 0.717) is 0 Å². The summed E-state index contributed by atoms with van der Waals surface area (Å²) < 4.78 is 28.9. The minimum Gasteiger partial charge on any atom is -0.449 e. The number of anilines is 1. The third kappa shape index (κ3) is 2.29. The van der Waals surface area contributed by atoms with E-state index in [-0.39, 0.29) is 29.4 Å². The third-order valence-electron chi connectivity index (χ3n) is 3.47. The van der Waals surface area contributed by atoms with Gasteiger partial charge in [-0.05, 0) is 19.1 Å². The second-order valence-electron chi connectivity index (χ2n) is 4.84. The quantitative estimate of drug-likeness (QED) is 0.792. The molecule has 1 saturated heterocycles. The molecule has 1 amide bonds. The van der Waals surface area contributed by atoms with Crippen molar-refractivity contribution in [2.24, 2.45) is 0 Å². The Morgan fingerprint density at radius 3 is 2.90 bits per heavy atom. The molecule has 20 heavy (non-hydrogen) atoms. The average molecular weight is 313 g/mol. The van der Waals surface area contributed by atoms with Gasteiger partial charge in [0, 0.05) is 10.1 Å². The first kappa shape index (κ1) is 13.8. The first-order valence-electron chi connectivity index (χ1n) is 6.44. The molecule has 1 fully saturated rings. The van der Waals surface area contributed by atoms with Crippen LogP contribution in [0.5, 0.6) is 0 Å². The third-order valence-corrected chi connectivity index (χ3v) is 6.78. The largest absolute Gasteiger partial charge is 0.449 e. The number of ether oxygens (including phenoxy) is 1. The van der Waals surface area contributed by atoms with Gasteiger partial charge in [-0.2, -0.15) is 0 Å². The molecule has 1 aromatic rings. The number of carbonyl (C=O) groups excluding carboxylic acids is 1. The molecule has 2 aliphatic heterocycles. The number of carbonyl (C=O) groups is 1. The highest BCUT2D eigenvalue weighted by atomic mass is 32.2. The van der Waals surface area contributed by atoms with E-state index in [2.05, 4.69) is 0 Å². The van der Waals surface area contributed by atoms with Crippen LogP contribution in [0, 0.1) is 0 Å². The van der Waals surface area contributed by atoms with Gasteiger partial charge in [0.1, 0.15) is 0 Å². The summed E-state index contributed by atoms with van der Waals surface area (Å²) >= 11 is 1.54. The van der Waals surface area contributed by atoms with Crippen molar-refractivity contribution in [3.8, 4) is 0 Å². The molecular weight excluding hydrogens is 298 g/mol. The summed E-state index contributed by atoms with van der Waals surface area (Å²) in [4.78, 5) is 14.7. The Labute approximate surface area is 122 Å². The number of sulfone groups is 1. The molecule has 5 nitrogen and oxygen atoms in total. The summed E-state index contributed by atoms with van der Waals surface area (Å²) in [5.41, 5.74) is 0.745. The van der Waals surface area contributed by atoms with Gasteiger partial charge in [-0.15, -0.1) is 11.8 Å². The van der Waals surface area contributed by atoms with Crippen molar-refractivity contribution < 1.29 is 17.9 Å². The lowest BCUT2D eigenvalue weighted by Gasteiger charge is -2.36. The van der Waals surface area contributed by atoms with E-state index in [1.165, 1.54) is 4.90 Å². The Morgan fingerprint density at radius 1 is 1.40 bits per heavy atom. The van der Waals surface area contributed by atoms with Crippen LogP contribution in [-0.4, -0.2) is 43.9 Å². The van der Waals surface area contributed by atoms with Gasteiger partial charge in [0.25, 0.3) is 0 Å². The highest BCUT2D eigenvalue weighted by Crippen LogP contribution is 2.45. The fourth-order valence-corrected chi connectivity index (χ4v) is 6.60. The summed E-state index contributed by atoms with van der Waals surface area (Å²) in [6, 6.07) is 7.14. The normalized spacial score (nSPS) is 26.8. The predicted molar refractivity (Wildman–Crippen MR) is 78.0 cm³/mol. The van der Waals surface area contributed by atoms with E-state index in [9.17, 15) is 13.2 Å². The molecule has 0 unspecified atom stereocenters. The fraction of sp³-hybridized carbons (Fsp3) is 0.462. The maximum absolute atomic E-state index is 12.2. The highest BCUT2D eigenvalue weighted by molar-refractivity contribution is 8.02. The summed E-state index contributed by atoms with van der Waals surface area (Å²) in [5, 5.41) is -0.112. The number of hydrogen-bond donors (Lipinski definition) is 0.